The smallest absolute Gasteiger partial charge is 0.287 e. The van der Waals surface area contributed by atoms with E-state index in [1.165, 1.54) is 7.11 Å². The fourth-order valence-corrected chi connectivity index (χ4v) is 2.25. The van der Waals surface area contributed by atoms with Crippen LogP contribution in [0.1, 0.15) is 5.56 Å². The SMILES string of the molecule is COc1ncnc(-c2cc([N+](=O)[O-])c(C#N)cc2F)c1Br. The maximum Gasteiger partial charge on any atom is 0.287 e. The van der Waals surface area contributed by atoms with Crippen LogP contribution in [-0.2, 0) is 0 Å². The molecule has 1 aromatic heterocycles. The minimum atomic E-state index is -0.807. The maximum atomic E-state index is 14.1. The Bertz CT molecular complexity index is 776. The number of ether oxygens (including phenoxy) is 1. The molecule has 0 saturated heterocycles. The first-order valence-electron chi connectivity index (χ1n) is 5.42. The highest BCUT2D eigenvalue weighted by molar-refractivity contribution is 9.10. The number of aromatic nitrogens is 2. The lowest BCUT2D eigenvalue weighted by Crippen LogP contribution is -1.99. The fraction of sp³-hybridized carbons (Fsp3) is 0.0833. The van der Waals surface area contributed by atoms with Gasteiger partial charge in [-0.15, -0.1) is 0 Å². The first kappa shape index (κ1) is 14.8. The Morgan fingerprint density at radius 1 is 1.48 bits per heavy atom. The second-order valence-corrected chi connectivity index (χ2v) is 4.56. The van der Waals surface area contributed by atoms with Crippen LogP contribution in [0.5, 0.6) is 5.88 Å². The number of hydrogen-bond acceptors (Lipinski definition) is 6. The summed E-state index contributed by atoms with van der Waals surface area (Å²) in [6.45, 7) is 0. The summed E-state index contributed by atoms with van der Waals surface area (Å²) >= 11 is 3.16. The van der Waals surface area contributed by atoms with Gasteiger partial charge in [0, 0.05) is 11.6 Å². The molecule has 2 rings (SSSR count). The molecule has 0 saturated carbocycles. The molecule has 21 heavy (non-hydrogen) atoms. The number of nitro benzene ring substituents is 1. The van der Waals surface area contributed by atoms with Gasteiger partial charge in [0.05, 0.1) is 17.7 Å². The van der Waals surface area contributed by atoms with Crippen molar-refractivity contribution in [3.05, 3.63) is 44.4 Å². The molecular weight excluding hydrogens is 347 g/mol. The van der Waals surface area contributed by atoms with Crippen molar-refractivity contribution in [2.45, 2.75) is 0 Å². The molecule has 0 aliphatic heterocycles. The summed E-state index contributed by atoms with van der Waals surface area (Å²) in [4.78, 5) is 17.9. The van der Waals surface area contributed by atoms with Crippen LogP contribution in [0.25, 0.3) is 11.3 Å². The molecule has 0 N–H and O–H groups in total. The van der Waals surface area contributed by atoms with E-state index in [0.29, 0.717) is 0 Å². The van der Waals surface area contributed by atoms with Crippen molar-refractivity contribution < 1.29 is 14.1 Å². The first-order chi connectivity index (χ1) is 9.99. The zero-order valence-corrected chi connectivity index (χ0v) is 12.1. The largest absolute Gasteiger partial charge is 0.480 e. The van der Waals surface area contributed by atoms with Crippen LogP contribution >= 0.6 is 15.9 Å². The van der Waals surface area contributed by atoms with Gasteiger partial charge in [0.15, 0.2) is 0 Å². The highest BCUT2D eigenvalue weighted by Crippen LogP contribution is 2.36. The molecule has 0 bridgehead atoms. The van der Waals surface area contributed by atoms with Crippen molar-refractivity contribution in [3.63, 3.8) is 0 Å². The number of rotatable bonds is 3. The van der Waals surface area contributed by atoms with Gasteiger partial charge in [-0.1, -0.05) is 0 Å². The fourth-order valence-electron chi connectivity index (χ4n) is 1.67. The van der Waals surface area contributed by atoms with E-state index in [2.05, 4.69) is 25.9 Å². The predicted molar refractivity (Wildman–Crippen MR) is 73.0 cm³/mol. The van der Waals surface area contributed by atoms with Crippen LogP contribution in [0.3, 0.4) is 0 Å². The van der Waals surface area contributed by atoms with Crippen molar-refractivity contribution >= 4 is 21.6 Å². The standard InChI is InChI=1S/C12H6BrFN4O3/c1-21-12-10(13)11(16-5-17-12)7-3-9(18(19)20)6(4-15)2-8(7)14/h2-3,5H,1H3. The third kappa shape index (κ3) is 2.66. The summed E-state index contributed by atoms with van der Waals surface area (Å²) in [5.41, 5.74) is -0.906. The third-order valence-electron chi connectivity index (χ3n) is 2.61. The molecule has 2 aromatic rings. The van der Waals surface area contributed by atoms with E-state index in [-0.39, 0.29) is 27.2 Å². The van der Waals surface area contributed by atoms with Gasteiger partial charge < -0.3 is 4.74 Å². The Hall–Kier alpha value is -2.60. The van der Waals surface area contributed by atoms with Gasteiger partial charge in [-0.05, 0) is 22.0 Å². The minimum absolute atomic E-state index is 0.0898. The molecule has 1 aromatic carbocycles. The average Bonchev–Trinajstić information content (AvgIpc) is 2.47. The molecule has 7 nitrogen and oxygen atoms in total. The van der Waals surface area contributed by atoms with Crippen molar-refractivity contribution in [1.29, 1.82) is 5.26 Å². The number of hydrogen-bond donors (Lipinski definition) is 0. The normalized spacial score (nSPS) is 10.0. The summed E-state index contributed by atoms with van der Waals surface area (Å²) in [6, 6.07) is 3.34. The molecule has 0 atom stereocenters. The Labute approximate surface area is 126 Å². The molecule has 0 spiro atoms. The van der Waals surface area contributed by atoms with E-state index in [1.807, 2.05) is 0 Å². The van der Waals surface area contributed by atoms with Crippen LogP contribution in [-0.4, -0.2) is 22.0 Å². The van der Waals surface area contributed by atoms with Crippen LogP contribution in [0.4, 0.5) is 10.1 Å². The monoisotopic (exact) mass is 352 g/mol. The maximum absolute atomic E-state index is 14.1. The topological polar surface area (TPSA) is 102 Å². The highest BCUT2D eigenvalue weighted by Gasteiger charge is 2.22. The predicted octanol–water partition coefficient (Wildman–Crippen LogP) is 2.83. The summed E-state index contributed by atoms with van der Waals surface area (Å²) in [5.74, 6) is -0.648. The van der Waals surface area contributed by atoms with E-state index in [4.69, 9.17) is 10.00 Å². The van der Waals surface area contributed by atoms with Crippen LogP contribution in [0.2, 0.25) is 0 Å². The van der Waals surface area contributed by atoms with Crippen LogP contribution < -0.4 is 4.74 Å². The van der Waals surface area contributed by atoms with E-state index in [0.717, 1.165) is 18.5 Å². The minimum Gasteiger partial charge on any atom is -0.480 e. The second-order valence-electron chi connectivity index (χ2n) is 3.76. The highest BCUT2D eigenvalue weighted by atomic mass is 79.9. The van der Waals surface area contributed by atoms with Gasteiger partial charge >= 0.3 is 0 Å². The van der Waals surface area contributed by atoms with Crippen molar-refractivity contribution in [3.8, 4) is 23.2 Å². The van der Waals surface area contributed by atoms with Gasteiger partial charge in [0.2, 0.25) is 5.88 Å². The van der Waals surface area contributed by atoms with Gasteiger partial charge in [0.1, 0.15) is 28.2 Å². The number of nitrogens with zero attached hydrogens (tertiary/aromatic N) is 4. The number of nitro groups is 1. The van der Waals surface area contributed by atoms with Gasteiger partial charge in [-0.3, -0.25) is 10.1 Å². The van der Waals surface area contributed by atoms with Crippen LogP contribution in [0, 0.1) is 27.3 Å². The molecule has 0 unspecified atom stereocenters. The number of benzene rings is 1. The quantitative estimate of drug-likeness (QED) is 0.621. The third-order valence-corrected chi connectivity index (χ3v) is 3.32. The van der Waals surface area contributed by atoms with Crippen molar-refractivity contribution in [2.24, 2.45) is 0 Å². The number of methoxy groups -OCH3 is 1. The number of nitriles is 1. The molecule has 0 aliphatic rings. The molecule has 1 heterocycles. The lowest BCUT2D eigenvalue weighted by molar-refractivity contribution is -0.385. The Morgan fingerprint density at radius 2 is 2.19 bits per heavy atom. The molecule has 9 heteroatoms. The summed E-state index contributed by atoms with van der Waals surface area (Å²) in [6.07, 6.45) is 1.14. The molecule has 0 aliphatic carbocycles. The van der Waals surface area contributed by atoms with E-state index in [1.54, 1.807) is 6.07 Å². The summed E-state index contributed by atoms with van der Waals surface area (Å²) in [7, 11) is 1.37. The van der Waals surface area contributed by atoms with Crippen molar-refractivity contribution in [1.82, 2.24) is 9.97 Å². The van der Waals surface area contributed by atoms with E-state index in [9.17, 15) is 14.5 Å². The van der Waals surface area contributed by atoms with Gasteiger partial charge in [-0.25, -0.2) is 14.4 Å². The average molecular weight is 353 g/mol. The Balaban J connectivity index is 2.74. The lowest BCUT2D eigenvalue weighted by Gasteiger charge is -2.08. The molecule has 0 radical (unpaired) electrons. The lowest BCUT2D eigenvalue weighted by atomic mass is 10.1. The zero-order chi connectivity index (χ0) is 15.6. The first-order valence-corrected chi connectivity index (χ1v) is 6.21. The molecule has 0 amide bonds. The van der Waals surface area contributed by atoms with Gasteiger partial charge in [0.25, 0.3) is 5.69 Å². The molecule has 0 fully saturated rings. The van der Waals surface area contributed by atoms with Crippen LogP contribution in [0.15, 0.2) is 22.9 Å². The Kier molecular flexibility index (Phi) is 4.09. The summed E-state index contributed by atoms with van der Waals surface area (Å²) < 4.78 is 19.3. The van der Waals surface area contributed by atoms with E-state index >= 15 is 0 Å². The molecular formula is C12H6BrFN4O3. The number of halogens is 2. The zero-order valence-electron chi connectivity index (χ0n) is 10.5. The molecule has 106 valence electrons. The second kappa shape index (κ2) is 5.80. The summed E-state index contributed by atoms with van der Waals surface area (Å²) in [5, 5.41) is 19.8. The van der Waals surface area contributed by atoms with Crippen molar-refractivity contribution in [2.75, 3.05) is 7.11 Å². The Morgan fingerprint density at radius 3 is 2.76 bits per heavy atom. The van der Waals surface area contributed by atoms with E-state index < -0.39 is 16.4 Å². The van der Waals surface area contributed by atoms with Gasteiger partial charge in [-0.2, -0.15) is 5.26 Å².